The van der Waals surface area contributed by atoms with Crippen LogP contribution < -0.4 is 0 Å². The monoisotopic (exact) mass is 747 g/mol. The second kappa shape index (κ2) is 15.9. The fourth-order valence-corrected chi connectivity index (χ4v) is 9.94. The van der Waals surface area contributed by atoms with Crippen LogP contribution in [0.1, 0.15) is 84.4 Å². The average Bonchev–Trinajstić information content (AvgIpc) is 3.44. The van der Waals surface area contributed by atoms with Crippen LogP contribution in [-0.2, 0) is 12.8 Å². The Kier molecular flexibility index (Phi) is 9.89. The van der Waals surface area contributed by atoms with Gasteiger partial charge in [-0.2, -0.15) is 0 Å². The van der Waals surface area contributed by atoms with E-state index in [2.05, 4.69) is 189 Å². The van der Waals surface area contributed by atoms with E-state index in [1.807, 2.05) is 0 Å². The molecule has 2 atom stereocenters. The molecule has 0 amide bonds. The number of benzene rings is 8. The van der Waals surface area contributed by atoms with Crippen molar-refractivity contribution in [3.05, 3.63) is 221 Å². The molecule has 8 aromatic rings. The van der Waals surface area contributed by atoms with Gasteiger partial charge in [0.15, 0.2) is 0 Å². The van der Waals surface area contributed by atoms with Crippen LogP contribution in [0.15, 0.2) is 193 Å². The Morgan fingerprint density at radius 2 is 1.21 bits per heavy atom. The quantitative estimate of drug-likeness (QED) is 0.154. The summed E-state index contributed by atoms with van der Waals surface area (Å²) in [6.45, 7) is 2.31. The van der Waals surface area contributed by atoms with E-state index in [4.69, 9.17) is 4.99 Å². The largest absolute Gasteiger partial charge is 0.276 e. The minimum atomic E-state index is 0.0995. The zero-order valence-electron chi connectivity index (χ0n) is 33.4. The summed E-state index contributed by atoms with van der Waals surface area (Å²) in [6.07, 6.45) is 7.31. The Morgan fingerprint density at radius 1 is 0.534 bits per heavy atom. The van der Waals surface area contributed by atoms with Crippen molar-refractivity contribution in [1.29, 1.82) is 0 Å². The molecule has 1 aliphatic carbocycles. The third-order valence-electron chi connectivity index (χ3n) is 12.8. The normalized spacial score (nSPS) is 19.0. The first kappa shape index (κ1) is 36.1. The standard InChI is InChI=1S/C57H49N/c1-2-48-49(40-16-5-3-6-17-40)26-15-27-55(44-20-7-4-8-21-44)58-57(48)54-38-46-23-10-9-22-45(46)37-53(54)43-30-28-39(29-31-43)36-47-33-32-41-18-11-13-24-50(41)56-51-25-14-12-19-42(51)34-35-52(47)56/h3-14,16-25,28-31,34-35,37-38,47,55H,2,15,26-27,32-33,36H2,1H3/b49-48+,58-57+. The summed E-state index contributed by atoms with van der Waals surface area (Å²) in [5.41, 5.74) is 17.4. The van der Waals surface area contributed by atoms with Crippen LogP contribution in [0.5, 0.6) is 0 Å². The molecule has 58 heavy (non-hydrogen) atoms. The third-order valence-corrected chi connectivity index (χ3v) is 12.8. The Bertz CT molecular complexity index is 2810. The van der Waals surface area contributed by atoms with Crippen LogP contribution >= 0.6 is 0 Å². The molecule has 282 valence electrons. The zero-order chi connectivity index (χ0) is 38.8. The second-order valence-corrected chi connectivity index (χ2v) is 16.3. The highest BCUT2D eigenvalue weighted by atomic mass is 14.8. The maximum Gasteiger partial charge on any atom is 0.0756 e. The summed E-state index contributed by atoms with van der Waals surface area (Å²) in [6, 6.07) is 68.0. The molecule has 0 fully saturated rings. The van der Waals surface area contributed by atoms with Gasteiger partial charge in [-0.1, -0.05) is 177 Å². The van der Waals surface area contributed by atoms with Gasteiger partial charge in [0.25, 0.3) is 0 Å². The number of aryl methyl sites for hydroxylation is 1. The molecule has 8 aromatic carbocycles. The van der Waals surface area contributed by atoms with Crippen molar-refractivity contribution in [2.75, 3.05) is 0 Å². The van der Waals surface area contributed by atoms with Gasteiger partial charge in [0.2, 0.25) is 0 Å². The third kappa shape index (κ3) is 6.90. The van der Waals surface area contributed by atoms with Gasteiger partial charge < -0.3 is 0 Å². The fraction of sp³-hybridized carbons (Fsp3) is 0.175. The van der Waals surface area contributed by atoms with Crippen LogP contribution in [0.2, 0.25) is 0 Å². The van der Waals surface area contributed by atoms with Gasteiger partial charge in [0.1, 0.15) is 0 Å². The number of aliphatic imine (C=N–C) groups is 1. The minimum absolute atomic E-state index is 0.0995. The van der Waals surface area contributed by atoms with Crippen LogP contribution in [0, 0.1) is 0 Å². The van der Waals surface area contributed by atoms with Gasteiger partial charge in [0.05, 0.1) is 11.8 Å². The lowest BCUT2D eigenvalue weighted by atomic mass is 9.82. The van der Waals surface area contributed by atoms with E-state index < -0.39 is 0 Å². The summed E-state index contributed by atoms with van der Waals surface area (Å²) >= 11 is 0. The minimum Gasteiger partial charge on any atom is -0.276 e. The number of fused-ring (bicyclic) bond motifs is 6. The van der Waals surface area contributed by atoms with Crippen molar-refractivity contribution in [2.24, 2.45) is 4.99 Å². The molecule has 1 nitrogen and oxygen atoms in total. The van der Waals surface area contributed by atoms with E-state index in [1.165, 1.54) is 88.3 Å². The molecule has 0 bridgehead atoms. The first-order valence-corrected chi connectivity index (χ1v) is 21.3. The second-order valence-electron chi connectivity index (χ2n) is 16.3. The SMILES string of the molecule is CCC1=C(\c2ccccc2)CCCC(c2ccccc2)/N=C\1c1cc2ccccc2cc1-c1ccc(CC2CCc3ccccc3-c3c2ccc2ccccc32)cc1. The number of rotatable bonds is 7. The molecular weight excluding hydrogens is 699 g/mol. The number of allylic oxidation sites excluding steroid dienone is 2. The lowest BCUT2D eigenvalue weighted by Crippen LogP contribution is -2.14. The molecule has 0 aromatic heterocycles. The summed E-state index contributed by atoms with van der Waals surface area (Å²) in [4.78, 5) is 5.82. The van der Waals surface area contributed by atoms with Crippen LogP contribution in [0.4, 0.5) is 0 Å². The molecule has 0 saturated heterocycles. The van der Waals surface area contributed by atoms with Crippen LogP contribution in [-0.4, -0.2) is 5.71 Å². The zero-order valence-corrected chi connectivity index (χ0v) is 33.4. The predicted octanol–water partition coefficient (Wildman–Crippen LogP) is 15.2. The molecule has 2 aliphatic rings. The molecule has 0 spiro atoms. The van der Waals surface area contributed by atoms with Gasteiger partial charge in [-0.05, 0) is 146 Å². The Hall–Kier alpha value is -6.31. The Labute approximate surface area is 343 Å². The highest BCUT2D eigenvalue weighted by molar-refractivity contribution is 6.21. The maximum atomic E-state index is 5.82. The van der Waals surface area contributed by atoms with Crippen molar-refractivity contribution >= 4 is 32.8 Å². The lowest BCUT2D eigenvalue weighted by molar-refractivity contribution is 0.618. The molecule has 1 heterocycles. The summed E-state index contributed by atoms with van der Waals surface area (Å²) in [7, 11) is 0. The van der Waals surface area contributed by atoms with Crippen molar-refractivity contribution in [2.45, 2.75) is 63.8 Å². The molecule has 2 unspecified atom stereocenters. The van der Waals surface area contributed by atoms with Crippen LogP contribution in [0.25, 0.3) is 49.4 Å². The topological polar surface area (TPSA) is 12.4 Å². The van der Waals surface area contributed by atoms with Crippen molar-refractivity contribution in [3.63, 3.8) is 0 Å². The Balaban J connectivity index is 1.08. The first-order valence-electron chi connectivity index (χ1n) is 21.3. The fourth-order valence-electron chi connectivity index (χ4n) is 9.94. The highest BCUT2D eigenvalue weighted by Crippen LogP contribution is 2.44. The molecule has 0 N–H and O–H groups in total. The number of hydrogen-bond acceptors (Lipinski definition) is 1. The van der Waals surface area contributed by atoms with Crippen molar-refractivity contribution in [1.82, 2.24) is 0 Å². The summed E-state index contributed by atoms with van der Waals surface area (Å²) in [5.74, 6) is 0.432. The molecule has 1 aliphatic heterocycles. The molecule has 0 saturated carbocycles. The van der Waals surface area contributed by atoms with Gasteiger partial charge in [0, 0.05) is 5.56 Å². The number of hydrogen-bond donors (Lipinski definition) is 0. The summed E-state index contributed by atoms with van der Waals surface area (Å²) < 4.78 is 0. The molecule has 1 heteroatoms. The van der Waals surface area contributed by atoms with E-state index in [0.717, 1.165) is 50.7 Å². The Morgan fingerprint density at radius 3 is 1.98 bits per heavy atom. The van der Waals surface area contributed by atoms with Crippen LogP contribution in [0.3, 0.4) is 0 Å². The lowest BCUT2D eigenvalue weighted by Gasteiger charge is -2.26. The molecule has 0 radical (unpaired) electrons. The predicted molar refractivity (Wildman–Crippen MR) is 247 cm³/mol. The van der Waals surface area contributed by atoms with Gasteiger partial charge in [-0.15, -0.1) is 0 Å². The average molecular weight is 748 g/mol. The number of nitrogens with zero attached hydrogens (tertiary/aromatic N) is 1. The van der Waals surface area contributed by atoms with E-state index >= 15 is 0 Å². The summed E-state index contributed by atoms with van der Waals surface area (Å²) in [5, 5.41) is 5.17. The highest BCUT2D eigenvalue weighted by Gasteiger charge is 2.26. The maximum absolute atomic E-state index is 5.82. The first-order chi connectivity index (χ1) is 28.7. The molecular formula is C57H49N. The van der Waals surface area contributed by atoms with E-state index in [-0.39, 0.29) is 6.04 Å². The van der Waals surface area contributed by atoms with Gasteiger partial charge in [-0.3, -0.25) is 4.99 Å². The van der Waals surface area contributed by atoms with Gasteiger partial charge >= 0.3 is 0 Å². The van der Waals surface area contributed by atoms with E-state index in [1.54, 1.807) is 0 Å². The van der Waals surface area contributed by atoms with E-state index in [9.17, 15) is 0 Å². The van der Waals surface area contributed by atoms with Crippen molar-refractivity contribution < 1.29 is 0 Å². The van der Waals surface area contributed by atoms with Gasteiger partial charge in [-0.25, -0.2) is 0 Å². The molecule has 10 rings (SSSR count). The van der Waals surface area contributed by atoms with Crippen molar-refractivity contribution in [3.8, 4) is 22.3 Å². The van der Waals surface area contributed by atoms with E-state index in [0.29, 0.717) is 5.92 Å². The smallest absolute Gasteiger partial charge is 0.0756 e.